The first-order valence-electron chi connectivity index (χ1n) is 5.84. The molecule has 4 heterocycles. The molecule has 0 aromatic carbocycles. The highest BCUT2D eigenvalue weighted by atomic mass is 32.1. The summed E-state index contributed by atoms with van der Waals surface area (Å²) in [5.41, 5.74) is 0.792. The van der Waals surface area contributed by atoms with Crippen LogP contribution in [-0.4, -0.2) is 9.97 Å². The lowest BCUT2D eigenvalue weighted by Gasteiger charge is -1.98. The van der Waals surface area contributed by atoms with Gasteiger partial charge in [0, 0.05) is 10.4 Å². The molecule has 0 saturated carbocycles. The van der Waals surface area contributed by atoms with E-state index < -0.39 is 11.0 Å². The smallest absolute Gasteiger partial charge is 0.281 e. The van der Waals surface area contributed by atoms with Gasteiger partial charge < -0.3 is 0 Å². The van der Waals surface area contributed by atoms with Gasteiger partial charge in [0.1, 0.15) is 11.4 Å². The average Bonchev–Trinajstić information content (AvgIpc) is 3.18. The van der Waals surface area contributed by atoms with Crippen LogP contribution in [0.4, 0.5) is 0 Å². The third-order valence-electron chi connectivity index (χ3n) is 3.07. The molecule has 2 aromatic heterocycles. The number of rotatable bonds is 2. The molecular formula is C14H6N2O2S2. The quantitative estimate of drug-likeness (QED) is 0.534. The van der Waals surface area contributed by atoms with Crippen LogP contribution in [0, 0.1) is 0 Å². The van der Waals surface area contributed by atoms with Gasteiger partial charge >= 0.3 is 5.56 Å². The summed E-state index contributed by atoms with van der Waals surface area (Å²) in [4.78, 5) is 33.5. The van der Waals surface area contributed by atoms with Crippen molar-refractivity contribution in [2.24, 2.45) is 0 Å². The molecule has 6 heteroatoms. The third-order valence-corrected chi connectivity index (χ3v) is 4.83. The van der Waals surface area contributed by atoms with Crippen LogP contribution in [0.2, 0.25) is 0 Å². The Kier molecular flexibility index (Phi) is 2.42. The third kappa shape index (κ3) is 1.52. The molecule has 20 heavy (non-hydrogen) atoms. The van der Waals surface area contributed by atoms with Crippen LogP contribution in [-0.2, 0) is 0 Å². The topological polar surface area (TPSA) is 59.9 Å². The maximum Gasteiger partial charge on any atom is 0.320 e. The van der Waals surface area contributed by atoms with E-state index in [9.17, 15) is 9.59 Å². The second-order valence-corrected chi connectivity index (χ2v) is 6.13. The van der Waals surface area contributed by atoms with Crippen LogP contribution in [0.1, 0.15) is 0 Å². The molecule has 2 aliphatic heterocycles. The molecule has 2 aromatic rings. The molecule has 0 unspecified atom stereocenters. The Balaban J connectivity index is 2.12. The SMILES string of the molecule is O=c1nc2c(-c3cccs3)c(-c3cccs3)nc-2c1=O. The number of thiophene rings is 2. The van der Waals surface area contributed by atoms with Gasteiger partial charge in [-0.25, -0.2) is 9.97 Å². The van der Waals surface area contributed by atoms with Gasteiger partial charge in [0.05, 0.1) is 10.6 Å². The van der Waals surface area contributed by atoms with Crippen molar-refractivity contribution in [3.63, 3.8) is 0 Å². The Morgan fingerprint density at radius 2 is 1.50 bits per heavy atom. The van der Waals surface area contributed by atoms with Crippen LogP contribution in [0.3, 0.4) is 0 Å². The molecule has 0 saturated heterocycles. The highest BCUT2D eigenvalue weighted by molar-refractivity contribution is 7.14. The van der Waals surface area contributed by atoms with Gasteiger partial charge in [0.15, 0.2) is 0 Å². The van der Waals surface area contributed by atoms with E-state index >= 15 is 0 Å². The molecule has 0 atom stereocenters. The normalized spacial score (nSPS) is 11.4. The zero-order chi connectivity index (χ0) is 13.7. The van der Waals surface area contributed by atoms with Gasteiger partial charge in [-0.3, -0.25) is 9.59 Å². The molecule has 96 valence electrons. The molecule has 4 nitrogen and oxygen atoms in total. The van der Waals surface area contributed by atoms with E-state index in [1.807, 2.05) is 35.0 Å². The molecule has 0 radical (unpaired) electrons. The summed E-state index contributed by atoms with van der Waals surface area (Å²) in [5, 5.41) is 3.91. The first-order chi connectivity index (χ1) is 9.75. The lowest BCUT2D eigenvalue weighted by atomic mass is 10.1. The minimum Gasteiger partial charge on any atom is -0.281 e. The fourth-order valence-electron chi connectivity index (χ4n) is 2.22. The van der Waals surface area contributed by atoms with Gasteiger partial charge in [-0.15, -0.1) is 22.7 Å². The van der Waals surface area contributed by atoms with Gasteiger partial charge in [-0.1, -0.05) is 12.1 Å². The Morgan fingerprint density at radius 1 is 0.800 bits per heavy atom. The first kappa shape index (κ1) is 11.6. The minimum atomic E-state index is -0.724. The predicted octanol–water partition coefficient (Wildman–Crippen LogP) is 2.63. The van der Waals surface area contributed by atoms with Crippen molar-refractivity contribution < 1.29 is 0 Å². The van der Waals surface area contributed by atoms with Gasteiger partial charge in [-0.2, -0.15) is 0 Å². The van der Waals surface area contributed by atoms with Crippen molar-refractivity contribution in [1.29, 1.82) is 0 Å². The summed E-state index contributed by atoms with van der Waals surface area (Å²) in [7, 11) is 0. The largest absolute Gasteiger partial charge is 0.320 e. The molecule has 0 bridgehead atoms. The zero-order valence-electron chi connectivity index (χ0n) is 9.99. The highest BCUT2D eigenvalue weighted by Gasteiger charge is 2.28. The maximum absolute atomic E-state index is 11.8. The van der Waals surface area contributed by atoms with Crippen molar-refractivity contribution in [3.8, 4) is 32.4 Å². The van der Waals surface area contributed by atoms with E-state index in [0.29, 0.717) is 5.69 Å². The molecule has 2 aliphatic rings. The Hall–Kier alpha value is -2.18. The molecule has 0 amide bonds. The van der Waals surface area contributed by atoms with Gasteiger partial charge in [0.25, 0.3) is 5.43 Å². The number of fused-ring (bicyclic) bond motifs is 1. The molecule has 0 spiro atoms. The number of nitrogens with zero attached hydrogens (tertiary/aromatic N) is 2. The van der Waals surface area contributed by atoms with Crippen molar-refractivity contribution in [3.05, 3.63) is 55.6 Å². The van der Waals surface area contributed by atoms with E-state index in [2.05, 4.69) is 9.97 Å². The van der Waals surface area contributed by atoms with E-state index in [-0.39, 0.29) is 5.69 Å². The summed E-state index contributed by atoms with van der Waals surface area (Å²) >= 11 is 3.09. The average molecular weight is 298 g/mol. The second kappa shape index (κ2) is 4.16. The van der Waals surface area contributed by atoms with Crippen LogP contribution >= 0.6 is 22.7 Å². The molecular weight excluding hydrogens is 292 g/mol. The van der Waals surface area contributed by atoms with Gasteiger partial charge in [-0.05, 0) is 22.9 Å². The predicted molar refractivity (Wildman–Crippen MR) is 80.2 cm³/mol. The van der Waals surface area contributed by atoms with E-state index in [4.69, 9.17) is 0 Å². The van der Waals surface area contributed by atoms with Crippen LogP contribution in [0.15, 0.2) is 44.6 Å². The number of aromatic nitrogens is 2. The molecule has 4 rings (SSSR count). The van der Waals surface area contributed by atoms with Crippen molar-refractivity contribution >= 4 is 22.7 Å². The number of hydrogen-bond acceptors (Lipinski definition) is 6. The van der Waals surface area contributed by atoms with E-state index in [1.165, 1.54) is 0 Å². The standard InChI is InChI=1S/C14H6N2O2S2/c17-13-12-11(16-14(13)18)9(7-3-1-5-19-7)10(15-12)8-4-2-6-20-8/h1-6H. The number of hydrogen-bond donors (Lipinski definition) is 0. The fourth-order valence-corrected chi connectivity index (χ4v) is 3.71. The maximum atomic E-state index is 11.8. The monoisotopic (exact) mass is 298 g/mol. The summed E-state index contributed by atoms with van der Waals surface area (Å²) in [6.07, 6.45) is 0. The highest BCUT2D eigenvalue weighted by Crippen LogP contribution is 2.42. The van der Waals surface area contributed by atoms with Crippen LogP contribution in [0.25, 0.3) is 32.4 Å². The molecule has 0 aliphatic carbocycles. The van der Waals surface area contributed by atoms with Crippen LogP contribution < -0.4 is 11.0 Å². The summed E-state index contributed by atoms with van der Waals surface area (Å²) < 4.78 is 0. The van der Waals surface area contributed by atoms with Crippen molar-refractivity contribution in [1.82, 2.24) is 9.97 Å². The van der Waals surface area contributed by atoms with Crippen molar-refractivity contribution in [2.75, 3.05) is 0 Å². The van der Waals surface area contributed by atoms with Gasteiger partial charge in [0.2, 0.25) is 0 Å². The summed E-state index contributed by atoms with van der Waals surface area (Å²) in [6.45, 7) is 0. The fraction of sp³-hybridized carbons (Fsp3) is 0. The molecule has 0 N–H and O–H groups in total. The Morgan fingerprint density at radius 3 is 2.15 bits per heavy atom. The molecule has 0 fully saturated rings. The second-order valence-electron chi connectivity index (χ2n) is 4.23. The van der Waals surface area contributed by atoms with E-state index in [0.717, 1.165) is 21.0 Å². The van der Waals surface area contributed by atoms with Crippen LogP contribution in [0.5, 0.6) is 0 Å². The Bertz CT molecular complexity index is 933. The Labute approximate surface area is 121 Å². The van der Waals surface area contributed by atoms with E-state index in [1.54, 1.807) is 22.7 Å². The lowest BCUT2D eigenvalue weighted by Crippen LogP contribution is -2.19. The zero-order valence-corrected chi connectivity index (χ0v) is 11.6. The summed E-state index contributed by atoms with van der Waals surface area (Å²) in [6, 6.07) is 7.76. The minimum absolute atomic E-state index is 0.182. The lowest BCUT2D eigenvalue weighted by molar-refractivity contribution is 1.31. The first-order valence-corrected chi connectivity index (χ1v) is 7.60. The summed E-state index contributed by atoms with van der Waals surface area (Å²) in [5.74, 6) is 0. The van der Waals surface area contributed by atoms with Crippen molar-refractivity contribution in [2.45, 2.75) is 0 Å².